The molecule has 0 bridgehead atoms. The molecular weight excluding hydrogens is 240 g/mol. The number of benzene rings is 1. The van der Waals surface area contributed by atoms with Gasteiger partial charge in [-0.2, -0.15) is 5.26 Å². The lowest BCUT2D eigenvalue weighted by molar-refractivity contribution is -0.138. The molecule has 0 aliphatic heterocycles. The van der Waals surface area contributed by atoms with Crippen LogP contribution in [0.3, 0.4) is 0 Å². The second-order valence-corrected chi connectivity index (χ2v) is 4.10. The maximum Gasteiger partial charge on any atom is 0.348 e. The third kappa shape index (κ3) is 2.83. The third-order valence-electron chi connectivity index (χ3n) is 2.70. The van der Waals surface area contributed by atoms with Crippen LogP contribution in [0.2, 0.25) is 0 Å². The molecule has 0 unspecified atom stereocenters. The third-order valence-corrected chi connectivity index (χ3v) is 2.70. The number of fused-ring (bicyclic) bond motifs is 1. The number of hydrogen-bond donors (Lipinski definition) is 1. The van der Waals surface area contributed by atoms with Crippen LogP contribution in [0.1, 0.15) is 18.9 Å². The van der Waals surface area contributed by atoms with E-state index >= 15 is 0 Å². The Bertz CT molecular complexity index is 662. The summed E-state index contributed by atoms with van der Waals surface area (Å²) in [4.78, 5) is 14.8. The normalized spacial score (nSPS) is 11.3. The molecule has 0 fully saturated rings. The molecule has 0 atom stereocenters. The second-order valence-electron chi connectivity index (χ2n) is 4.10. The standard InChI is InChI=1S/C15H14N2O2/c1-2-7-19-15(18)11(9-16)8-12-10-17-14-6-4-3-5-13(12)14/h3-6,8,10,17H,2,7H2,1H3/b11-8-. The highest BCUT2D eigenvalue weighted by atomic mass is 16.5. The highest BCUT2D eigenvalue weighted by Gasteiger charge is 2.11. The highest BCUT2D eigenvalue weighted by molar-refractivity contribution is 6.01. The van der Waals surface area contributed by atoms with E-state index in [2.05, 4.69) is 4.98 Å². The molecule has 19 heavy (non-hydrogen) atoms. The molecule has 0 radical (unpaired) electrons. The van der Waals surface area contributed by atoms with Crippen molar-refractivity contribution in [2.75, 3.05) is 6.61 Å². The van der Waals surface area contributed by atoms with Crippen LogP contribution >= 0.6 is 0 Å². The molecule has 0 saturated carbocycles. The van der Waals surface area contributed by atoms with E-state index in [4.69, 9.17) is 10.00 Å². The van der Waals surface area contributed by atoms with Crippen molar-refractivity contribution < 1.29 is 9.53 Å². The Morgan fingerprint density at radius 1 is 1.47 bits per heavy atom. The molecule has 4 nitrogen and oxygen atoms in total. The lowest BCUT2D eigenvalue weighted by Crippen LogP contribution is -2.07. The maximum atomic E-state index is 11.7. The number of carbonyl (C=O) groups excluding carboxylic acids is 1. The Morgan fingerprint density at radius 3 is 3.00 bits per heavy atom. The van der Waals surface area contributed by atoms with Crippen molar-refractivity contribution in [1.29, 1.82) is 5.26 Å². The molecule has 0 aliphatic carbocycles. The van der Waals surface area contributed by atoms with Crippen molar-refractivity contribution in [3.8, 4) is 6.07 Å². The zero-order chi connectivity index (χ0) is 13.7. The van der Waals surface area contributed by atoms with E-state index in [-0.39, 0.29) is 5.57 Å². The Balaban J connectivity index is 2.33. The Kier molecular flexibility index (Phi) is 3.99. The van der Waals surface area contributed by atoms with Gasteiger partial charge in [0.05, 0.1) is 6.61 Å². The van der Waals surface area contributed by atoms with Gasteiger partial charge < -0.3 is 9.72 Å². The molecular formula is C15H14N2O2. The molecule has 1 N–H and O–H groups in total. The van der Waals surface area contributed by atoms with Crippen LogP contribution in [-0.2, 0) is 9.53 Å². The minimum absolute atomic E-state index is 0.0122. The number of ether oxygens (including phenoxy) is 1. The summed E-state index contributed by atoms with van der Waals surface area (Å²) in [5.74, 6) is -0.574. The molecule has 4 heteroatoms. The Morgan fingerprint density at radius 2 is 2.26 bits per heavy atom. The number of aromatic amines is 1. The summed E-state index contributed by atoms with van der Waals surface area (Å²) < 4.78 is 4.97. The summed E-state index contributed by atoms with van der Waals surface area (Å²) in [6.45, 7) is 2.23. The van der Waals surface area contributed by atoms with Crippen molar-refractivity contribution in [1.82, 2.24) is 4.98 Å². The fourth-order valence-electron chi connectivity index (χ4n) is 1.78. The Hall–Kier alpha value is -2.54. The summed E-state index contributed by atoms with van der Waals surface area (Å²) in [5.41, 5.74) is 1.78. The lowest BCUT2D eigenvalue weighted by atomic mass is 10.1. The number of nitrogens with zero attached hydrogens (tertiary/aromatic N) is 1. The minimum Gasteiger partial charge on any atom is -0.462 e. The number of esters is 1. The number of nitriles is 1. The average Bonchev–Trinajstić information content (AvgIpc) is 2.85. The molecule has 0 spiro atoms. The first-order valence-electron chi connectivity index (χ1n) is 6.11. The first-order valence-corrected chi connectivity index (χ1v) is 6.11. The monoisotopic (exact) mass is 254 g/mol. The topological polar surface area (TPSA) is 65.9 Å². The SMILES string of the molecule is CCCOC(=O)/C(C#N)=C\c1c[nH]c2ccccc12. The van der Waals surface area contributed by atoms with Gasteiger partial charge in [-0.25, -0.2) is 4.79 Å². The lowest BCUT2D eigenvalue weighted by Gasteiger charge is -2.00. The van der Waals surface area contributed by atoms with Gasteiger partial charge in [0.2, 0.25) is 0 Å². The molecule has 1 aromatic heterocycles. The van der Waals surface area contributed by atoms with Crippen LogP contribution in [0.25, 0.3) is 17.0 Å². The zero-order valence-electron chi connectivity index (χ0n) is 10.6. The van der Waals surface area contributed by atoms with E-state index in [1.807, 2.05) is 37.3 Å². The second kappa shape index (κ2) is 5.87. The molecule has 0 amide bonds. The van der Waals surface area contributed by atoms with Gasteiger partial charge in [0.1, 0.15) is 11.6 Å². The van der Waals surface area contributed by atoms with Crippen LogP contribution < -0.4 is 0 Å². The van der Waals surface area contributed by atoms with Gasteiger partial charge in [0, 0.05) is 22.7 Å². The predicted molar refractivity (Wildman–Crippen MR) is 73.1 cm³/mol. The number of hydrogen-bond acceptors (Lipinski definition) is 3. The van der Waals surface area contributed by atoms with Crippen LogP contribution in [0.4, 0.5) is 0 Å². The molecule has 2 aromatic rings. The summed E-state index contributed by atoms with van der Waals surface area (Å²) >= 11 is 0. The van der Waals surface area contributed by atoms with Crippen molar-refractivity contribution in [3.05, 3.63) is 41.6 Å². The van der Waals surface area contributed by atoms with Crippen LogP contribution in [-0.4, -0.2) is 17.6 Å². The number of rotatable bonds is 4. The average molecular weight is 254 g/mol. The Labute approximate surface area is 111 Å². The quantitative estimate of drug-likeness (QED) is 0.518. The molecule has 0 saturated heterocycles. The smallest absolute Gasteiger partial charge is 0.348 e. The number of H-pyrrole nitrogens is 1. The summed E-state index contributed by atoms with van der Waals surface area (Å²) in [5, 5.41) is 10.0. The van der Waals surface area contributed by atoms with Gasteiger partial charge in [0.15, 0.2) is 0 Å². The van der Waals surface area contributed by atoms with E-state index in [9.17, 15) is 4.79 Å². The van der Waals surface area contributed by atoms with Crippen LogP contribution in [0.5, 0.6) is 0 Å². The van der Waals surface area contributed by atoms with Crippen LogP contribution in [0, 0.1) is 11.3 Å². The predicted octanol–water partition coefficient (Wildman–Crippen LogP) is 3.03. The van der Waals surface area contributed by atoms with E-state index < -0.39 is 5.97 Å². The van der Waals surface area contributed by atoms with Crippen molar-refractivity contribution in [2.24, 2.45) is 0 Å². The van der Waals surface area contributed by atoms with E-state index in [0.29, 0.717) is 6.61 Å². The molecule has 1 heterocycles. The van der Waals surface area contributed by atoms with Gasteiger partial charge in [-0.05, 0) is 18.6 Å². The van der Waals surface area contributed by atoms with E-state index in [1.165, 1.54) is 0 Å². The molecule has 96 valence electrons. The fourth-order valence-corrected chi connectivity index (χ4v) is 1.78. The fraction of sp³-hybridized carbons (Fsp3) is 0.200. The first-order chi connectivity index (χ1) is 9.26. The van der Waals surface area contributed by atoms with Crippen molar-refractivity contribution >= 4 is 22.9 Å². The minimum atomic E-state index is -0.574. The summed E-state index contributed by atoms with van der Waals surface area (Å²) in [7, 11) is 0. The molecule has 0 aliphatic rings. The van der Waals surface area contributed by atoms with Gasteiger partial charge in [0.25, 0.3) is 0 Å². The van der Waals surface area contributed by atoms with Gasteiger partial charge in [-0.15, -0.1) is 0 Å². The summed E-state index contributed by atoms with van der Waals surface area (Å²) in [6, 6.07) is 9.59. The van der Waals surface area contributed by atoms with Gasteiger partial charge in [-0.3, -0.25) is 0 Å². The molecule has 2 rings (SSSR count). The zero-order valence-corrected chi connectivity index (χ0v) is 10.6. The molecule has 1 aromatic carbocycles. The van der Waals surface area contributed by atoms with E-state index in [0.717, 1.165) is 22.9 Å². The maximum absolute atomic E-state index is 11.7. The van der Waals surface area contributed by atoms with Crippen LogP contribution in [0.15, 0.2) is 36.0 Å². The number of para-hydroxylation sites is 1. The first kappa shape index (κ1) is 12.9. The van der Waals surface area contributed by atoms with E-state index in [1.54, 1.807) is 12.3 Å². The largest absolute Gasteiger partial charge is 0.462 e. The van der Waals surface area contributed by atoms with Crippen molar-refractivity contribution in [2.45, 2.75) is 13.3 Å². The number of nitrogens with one attached hydrogen (secondary N) is 1. The number of aromatic nitrogens is 1. The van der Waals surface area contributed by atoms with Crippen molar-refractivity contribution in [3.63, 3.8) is 0 Å². The van der Waals surface area contributed by atoms with Gasteiger partial charge >= 0.3 is 5.97 Å². The summed E-state index contributed by atoms with van der Waals surface area (Å²) in [6.07, 6.45) is 4.06. The number of carbonyl (C=O) groups is 1. The van der Waals surface area contributed by atoms with Gasteiger partial charge in [-0.1, -0.05) is 25.1 Å². The highest BCUT2D eigenvalue weighted by Crippen LogP contribution is 2.20.